The minimum absolute atomic E-state index is 0.390. The van der Waals surface area contributed by atoms with Crippen molar-refractivity contribution in [1.82, 2.24) is 4.98 Å². The van der Waals surface area contributed by atoms with Crippen molar-refractivity contribution in [2.75, 3.05) is 0 Å². The van der Waals surface area contributed by atoms with Gasteiger partial charge in [-0.2, -0.15) is 0 Å². The number of nitrogens with two attached hydrogens (primary N) is 1. The van der Waals surface area contributed by atoms with E-state index in [1.165, 1.54) is 0 Å². The van der Waals surface area contributed by atoms with Crippen molar-refractivity contribution in [1.29, 1.82) is 0 Å². The Morgan fingerprint density at radius 1 is 1.05 bits per heavy atom. The molecule has 0 radical (unpaired) electrons. The van der Waals surface area contributed by atoms with Crippen LogP contribution >= 0.6 is 0 Å². The van der Waals surface area contributed by atoms with E-state index in [-0.39, 0.29) is 5.91 Å². The minimum Gasteiger partial charge on any atom is -0.366 e. The third kappa shape index (κ3) is 1.80. The first-order valence-corrected chi connectivity index (χ1v) is 6.14. The molecule has 0 aliphatic rings. The molecule has 1 aromatic heterocycles. The summed E-state index contributed by atoms with van der Waals surface area (Å²) in [6.45, 7) is 1.93. The molecule has 94 valence electrons. The second-order valence-electron chi connectivity index (χ2n) is 4.59. The summed E-state index contributed by atoms with van der Waals surface area (Å²) in [5.74, 6) is -0.390. The molecule has 3 N–H and O–H groups in total. The number of nitrogens with one attached hydrogen (secondary N) is 1. The Hall–Kier alpha value is -2.55. The standard InChI is InChI=1S/C16H14N2O/c1-10-11(6-4-7-12(10)16(17)19)14-9-18-15-8-3-2-5-13(14)15/h2-9,18H,1H3,(H2,17,19). The molecule has 0 saturated heterocycles. The van der Waals surface area contributed by atoms with Crippen molar-refractivity contribution < 1.29 is 4.79 Å². The molecule has 3 rings (SSSR count). The van der Waals surface area contributed by atoms with Crippen LogP contribution in [0.1, 0.15) is 15.9 Å². The van der Waals surface area contributed by atoms with E-state index in [0.717, 1.165) is 27.6 Å². The highest BCUT2D eigenvalue weighted by molar-refractivity contribution is 6.00. The van der Waals surface area contributed by atoms with Gasteiger partial charge in [0, 0.05) is 28.2 Å². The maximum Gasteiger partial charge on any atom is 0.248 e. The van der Waals surface area contributed by atoms with Gasteiger partial charge >= 0.3 is 0 Å². The number of H-pyrrole nitrogens is 1. The molecule has 0 saturated carbocycles. The number of fused-ring (bicyclic) bond motifs is 1. The van der Waals surface area contributed by atoms with E-state index >= 15 is 0 Å². The number of hydrogen-bond donors (Lipinski definition) is 2. The monoisotopic (exact) mass is 250 g/mol. The molecule has 2 aromatic carbocycles. The molecule has 3 heteroatoms. The van der Waals surface area contributed by atoms with Crippen LogP contribution < -0.4 is 5.73 Å². The lowest BCUT2D eigenvalue weighted by Crippen LogP contribution is -2.12. The molecule has 1 amide bonds. The second-order valence-corrected chi connectivity index (χ2v) is 4.59. The molecule has 0 fully saturated rings. The molecule has 0 bridgehead atoms. The van der Waals surface area contributed by atoms with E-state index < -0.39 is 0 Å². The van der Waals surface area contributed by atoms with Gasteiger partial charge < -0.3 is 10.7 Å². The molecular formula is C16H14N2O. The topological polar surface area (TPSA) is 58.9 Å². The van der Waals surface area contributed by atoms with Crippen molar-refractivity contribution in [3.63, 3.8) is 0 Å². The van der Waals surface area contributed by atoms with Gasteiger partial charge in [-0.1, -0.05) is 30.3 Å². The Morgan fingerprint density at radius 2 is 1.84 bits per heavy atom. The molecule has 0 unspecified atom stereocenters. The summed E-state index contributed by atoms with van der Waals surface area (Å²) in [6, 6.07) is 13.7. The fraction of sp³-hybridized carbons (Fsp3) is 0.0625. The fourth-order valence-corrected chi connectivity index (χ4v) is 2.49. The van der Waals surface area contributed by atoms with Crippen LogP contribution in [0.4, 0.5) is 0 Å². The van der Waals surface area contributed by atoms with Gasteiger partial charge in [0.15, 0.2) is 0 Å². The lowest BCUT2D eigenvalue weighted by atomic mass is 9.96. The number of aromatic nitrogens is 1. The second kappa shape index (κ2) is 4.28. The van der Waals surface area contributed by atoms with Crippen LogP contribution in [-0.4, -0.2) is 10.9 Å². The lowest BCUT2D eigenvalue weighted by molar-refractivity contribution is 0.1000. The van der Waals surface area contributed by atoms with E-state index in [1.54, 1.807) is 6.07 Å². The zero-order chi connectivity index (χ0) is 13.4. The molecule has 3 nitrogen and oxygen atoms in total. The van der Waals surface area contributed by atoms with Crippen LogP contribution in [0, 0.1) is 6.92 Å². The first kappa shape index (κ1) is 11.5. The van der Waals surface area contributed by atoms with E-state index in [9.17, 15) is 4.79 Å². The van der Waals surface area contributed by atoms with Crippen LogP contribution in [0.3, 0.4) is 0 Å². The number of carbonyl (C=O) groups is 1. The SMILES string of the molecule is Cc1c(C(N)=O)cccc1-c1c[nH]c2ccccc12. The largest absolute Gasteiger partial charge is 0.366 e. The van der Waals surface area contributed by atoms with Gasteiger partial charge in [-0.05, 0) is 30.2 Å². The molecule has 1 heterocycles. The summed E-state index contributed by atoms with van der Waals surface area (Å²) in [7, 11) is 0. The Labute approximate surface area is 111 Å². The number of benzene rings is 2. The average Bonchev–Trinajstić information content (AvgIpc) is 2.82. The molecule has 3 aromatic rings. The number of rotatable bonds is 2. The average molecular weight is 250 g/mol. The van der Waals surface area contributed by atoms with E-state index in [4.69, 9.17) is 5.73 Å². The summed E-state index contributed by atoms with van der Waals surface area (Å²) in [6.07, 6.45) is 1.97. The van der Waals surface area contributed by atoms with Gasteiger partial charge in [-0.15, -0.1) is 0 Å². The van der Waals surface area contributed by atoms with E-state index in [0.29, 0.717) is 5.56 Å². The van der Waals surface area contributed by atoms with Crippen molar-refractivity contribution in [2.45, 2.75) is 6.92 Å². The van der Waals surface area contributed by atoms with Crippen LogP contribution in [0.25, 0.3) is 22.0 Å². The molecule has 0 spiro atoms. The first-order valence-electron chi connectivity index (χ1n) is 6.14. The number of aromatic amines is 1. The number of amides is 1. The maximum atomic E-state index is 11.4. The third-order valence-corrected chi connectivity index (χ3v) is 3.48. The summed E-state index contributed by atoms with van der Waals surface area (Å²) >= 11 is 0. The van der Waals surface area contributed by atoms with Gasteiger partial charge in [-0.3, -0.25) is 4.79 Å². The zero-order valence-corrected chi connectivity index (χ0v) is 10.6. The van der Waals surface area contributed by atoms with Crippen LogP contribution in [0.2, 0.25) is 0 Å². The number of para-hydroxylation sites is 1. The summed E-state index contributed by atoms with van der Waals surface area (Å²) in [4.78, 5) is 14.7. The van der Waals surface area contributed by atoms with Crippen molar-refractivity contribution in [3.05, 3.63) is 59.8 Å². The molecular weight excluding hydrogens is 236 g/mol. The Kier molecular flexibility index (Phi) is 2.60. The van der Waals surface area contributed by atoms with Crippen molar-refractivity contribution >= 4 is 16.8 Å². The highest BCUT2D eigenvalue weighted by atomic mass is 16.1. The predicted octanol–water partition coefficient (Wildman–Crippen LogP) is 3.24. The van der Waals surface area contributed by atoms with Gasteiger partial charge in [-0.25, -0.2) is 0 Å². The van der Waals surface area contributed by atoms with Crippen LogP contribution in [-0.2, 0) is 0 Å². The zero-order valence-electron chi connectivity index (χ0n) is 10.6. The minimum atomic E-state index is -0.390. The van der Waals surface area contributed by atoms with Gasteiger partial charge in [0.25, 0.3) is 0 Å². The number of carbonyl (C=O) groups excluding carboxylic acids is 1. The Balaban J connectivity index is 2.28. The van der Waals surface area contributed by atoms with Gasteiger partial charge in [0.2, 0.25) is 5.91 Å². The smallest absolute Gasteiger partial charge is 0.248 e. The molecule has 0 aliphatic carbocycles. The van der Waals surface area contributed by atoms with Crippen LogP contribution in [0.15, 0.2) is 48.7 Å². The molecule has 0 atom stereocenters. The van der Waals surface area contributed by atoms with Crippen molar-refractivity contribution in [3.8, 4) is 11.1 Å². The van der Waals surface area contributed by atoms with Crippen LogP contribution in [0.5, 0.6) is 0 Å². The van der Waals surface area contributed by atoms with E-state index in [2.05, 4.69) is 11.1 Å². The fourth-order valence-electron chi connectivity index (χ4n) is 2.49. The lowest BCUT2D eigenvalue weighted by Gasteiger charge is -2.08. The molecule has 0 aliphatic heterocycles. The Morgan fingerprint density at radius 3 is 2.63 bits per heavy atom. The summed E-state index contributed by atoms with van der Waals surface area (Å²) < 4.78 is 0. The summed E-state index contributed by atoms with van der Waals surface area (Å²) in [5, 5.41) is 1.15. The highest BCUT2D eigenvalue weighted by Gasteiger charge is 2.12. The molecule has 19 heavy (non-hydrogen) atoms. The Bertz CT molecular complexity index is 771. The van der Waals surface area contributed by atoms with Gasteiger partial charge in [0.05, 0.1) is 0 Å². The van der Waals surface area contributed by atoms with Crippen molar-refractivity contribution in [2.24, 2.45) is 5.73 Å². The number of hydrogen-bond acceptors (Lipinski definition) is 1. The van der Waals surface area contributed by atoms with E-state index in [1.807, 2.05) is 43.5 Å². The quantitative estimate of drug-likeness (QED) is 0.720. The summed E-state index contributed by atoms with van der Waals surface area (Å²) in [5.41, 5.74) is 10.1. The maximum absolute atomic E-state index is 11.4. The predicted molar refractivity (Wildman–Crippen MR) is 77.0 cm³/mol. The normalized spacial score (nSPS) is 10.8. The number of primary amides is 1. The van der Waals surface area contributed by atoms with Gasteiger partial charge in [0.1, 0.15) is 0 Å². The third-order valence-electron chi connectivity index (χ3n) is 3.48. The highest BCUT2D eigenvalue weighted by Crippen LogP contribution is 2.31. The first-order chi connectivity index (χ1) is 9.18.